The number of thiazole rings is 1. The van der Waals surface area contributed by atoms with E-state index in [1.807, 2.05) is 17.5 Å². The molecule has 0 saturated heterocycles. The second-order valence-electron chi connectivity index (χ2n) is 4.65. The van der Waals surface area contributed by atoms with Gasteiger partial charge in [-0.05, 0) is 51.8 Å². The summed E-state index contributed by atoms with van der Waals surface area (Å²) in [7, 11) is 0. The summed E-state index contributed by atoms with van der Waals surface area (Å²) in [5, 5.41) is 21.5. The highest BCUT2D eigenvalue weighted by Gasteiger charge is 2.09. The summed E-state index contributed by atoms with van der Waals surface area (Å²) >= 11 is 4.69. The van der Waals surface area contributed by atoms with Gasteiger partial charge in [-0.2, -0.15) is 5.26 Å². The van der Waals surface area contributed by atoms with Crippen molar-refractivity contribution in [2.45, 2.75) is 0 Å². The molecule has 0 bridgehead atoms. The lowest BCUT2D eigenvalue weighted by Gasteiger charge is -1.99. The SMILES string of the molecule is N#CC(=Cc1ccc(O)c(Br)c1)c1nc(-c2ccncc2)cs1. The van der Waals surface area contributed by atoms with Crippen LogP contribution in [-0.2, 0) is 0 Å². The van der Waals surface area contributed by atoms with Crippen LogP contribution in [0.3, 0.4) is 0 Å². The van der Waals surface area contributed by atoms with E-state index in [2.05, 4.69) is 32.0 Å². The molecule has 1 N–H and O–H groups in total. The van der Waals surface area contributed by atoms with Crippen LogP contribution in [0, 0.1) is 11.3 Å². The summed E-state index contributed by atoms with van der Waals surface area (Å²) in [6.07, 6.45) is 5.17. The van der Waals surface area contributed by atoms with Crippen molar-refractivity contribution in [3.8, 4) is 23.1 Å². The Morgan fingerprint density at radius 1 is 1.26 bits per heavy atom. The summed E-state index contributed by atoms with van der Waals surface area (Å²) in [5.74, 6) is 0.162. The molecule has 112 valence electrons. The Kier molecular flexibility index (Phi) is 4.51. The second kappa shape index (κ2) is 6.73. The highest BCUT2D eigenvalue weighted by Crippen LogP contribution is 2.29. The highest BCUT2D eigenvalue weighted by atomic mass is 79.9. The maximum Gasteiger partial charge on any atom is 0.134 e. The van der Waals surface area contributed by atoms with E-state index in [0.29, 0.717) is 15.1 Å². The first-order chi connectivity index (χ1) is 11.2. The molecule has 0 spiro atoms. The van der Waals surface area contributed by atoms with Crippen LogP contribution in [0.15, 0.2) is 52.6 Å². The van der Waals surface area contributed by atoms with Gasteiger partial charge < -0.3 is 5.11 Å². The van der Waals surface area contributed by atoms with Gasteiger partial charge in [0, 0.05) is 23.3 Å². The van der Waals surface area contributed by atoms with E-state index in [1.54, 1.807) is 36.7 Å². The minimum atomic E-state index is 0.162. The number of aromatic nitrogens is 2. The zero-order valence-corrected chi connectivity index (χ0v) is 14.2. The molecule has 3 rings (SSSR count). The molecule has 0 aliphatic carbocycles. The van der Waals surface area contributed by atoms with Crippen molar-refractivity contribution < 1.29 is 5.11 Å². The fourth-order valence-corrected chi connectivity index (χ4v) is 3.17. The number of phenolic OH excluding ortho intramolecular Hbond substituents is 1. The molecular weight excluding hydrogens is 374 g/mol. The van der Waals surface area contributed by atoms with Crippen LogP contribution in [0.25, 0.3) is 22.9 Å². The molecule has 1 aromatic carbocycles. The average molecular weight is 384 g/mol. The maximum atomic E-state index is 9.53. The van der Waals surface area contributed by atoms with Crippen LogP contribution in [0.5, 0.6) is 5.75 Å². The Labute approximate surface area is 145 Å². The number of hydrogen-bond acceptors (Lipinski definition) is 5. The van der Waals surface area contributed by atoms with Crippen LogP contribution >= 0.6 is 27.3 Å². The third kappa shape index (κ3) is 3.47. The number of benzene rings is 1. The lowest BCUT2D eigenvalue weighted by Crippen LogP contribution is -1.83. The summed E-state index contributed by atoms with van der Waals surface area (Å²) in [5.41, 5.74) is 3.08. The van der Waals surface area contributed by atoms with Gasteiger partial charge in [-0.1, -0.05) is 6.07 Å². The number of rotatable bonds is 3. The molecule has 0 atom stereocenters. The quantitative estimate of drug-likeness (QED) is 0.663. The predicted octanol–water partition coefficient (Wildman–Crippen LogP) is 4.74. The van der Waals surface area contributed by atoms with Crippen molar-refractivity contribution in [1.82, 2.24) is 9.97 Å². The molecule has 0 unspecified atom stereocenters. The molecule has 6 heteroatoms. The Hall–Kier alpha value is -2.49. The van der Waals surface area contributed by atoms with Crippen molar-refractivity contribution in [2.24, 2.45) is 0 Å². The second-order valence-corrected chi connectivity index (χ2v) is 6.37. The topological polar surface area (TPSA) is 69.8 Å². The molecule has 0 saturated carbocycles. The van der Waals surface area contributed by atoms with E-state index >= 15 is 0 Å². The van der Waals surface area contributed by atoms with Crippen LogP contribution in [-0.4, -0.2) is 15.1 Å². The standard InChI is InChI=1S/C17H10BrN3OS/c18-14-8-11(1-2-16(14)22)7-13(9-19)17-21-15(10-23-17)12-3-5-20-6-4-12/h1-8,10,22H. The zero-order chi connectivity index (χ0) is 16.2. The molecule has 0 amide bonds. The number of nitriles is 1. The molecule has 0 radical (unpaired) electrons. The van der Waals surface area contributed by atoms with Crippen molar-refractivity contribution in [3.63, 3.8) is 0 Å². The van der Waals surface area contributed by atoms with Crippen molar-refractivity contribution in [2.75, 3.05) is 0 Å². The van der Waals surface area contributed by atoms with E-state index in [-0.39, 0.29) is 5.75 Å². The number of phenols is 1. The van der Waals surface area contributed by atoms with Gasteiger partial charge in [0.05, 0.1) is 15.7 Å². The van der Waals surface area contributed by atoms with Gasteiger partial charge in [-0.3, -0.25) is 4.98 Å². The number of aromatic hydroxyl groups is 1. The van der Waals surface area contributed by atoms with Gasteiger partial charge in [0.25, 0.3) is 0 Å². The third-order valence-electron chi connectivity index (χ3n) is 3.11. The molecule has 23 heavy (non-hydrogen) atoms. The van der Waals surface area contributed by atoms with Crippen LogP contribution in [0.1, 0.15) is 10.6 Å². The number of hydrogen-bond donors (Lipinski definition) is 1. The molecule has 2 heterocycles. The molecular formula is C17H10BrN3OS. The first kappa shape index (κ1) is 15.4. The number of nitrogens with zero attached hydrogens (tertiary/aromatic N) is 3. The monoisotopic (exact) mass is 383 g/mol. The van der Waals surface area contributed by atoms with Crippen molar-refractivity contribution >= 4 is 38.9 Å². The minimum absolute atomic E-state index is 0.162. The van der Waals surface area contributed by atoms with Crippen LogP contribution < -0.4 is 0 Å². The van der Waals surface area contributed by atoms with Gasteiger partial charge in [0.15, 0.2) is 0 Å². The summed E-state index contributed by atoms with van der Waals surface area (Å²) < 4.78 is 0.583. The van der Waals surface area contributed by atoms with Crippen LogP contribution in [0.2, 0.25) is 0 Å². The summed E-state index contributed by atoms with van der Waals surface area (Å²) in [6.45, 7) is 0. The fourth-order valence-electron chi connectivity index (χ4n) is 1.97. The Morgan fingerprint density at radius 3 is 2.74 bits per heavy atom. The predicted molar refractivity (Wildman–Crippen MR) is 94.6 cm³/mol. The molecule has 2 aromatic heterocycles. The third-order valence-corrected chi connectivity index (χ3v) is 4.62. The number of allylic oxidation sites excluding steroid dienone is 1. The average Bonchev–Trinajstić information content (AvgIpc) is 3.06. The highest BCUT2D eigenvalue weighted by molar-refractivity contribution is 9.10. The van der Waals surface area contributed by atoms with E-state index in [1.165, 1.54) is 11.3 Å². The van der Waals surface area contributed by atoms with Gasteiger partial charge in [0.1, 0.15) is 16.8 Å². The first-order valence-corrected chi connectivity index (χ1v) is 8.31. The van der Waals surface area contributed by atoms with Gasteiger partial charge in [0.2, 0.25) is 0 Å². The first-order valence-electron chi connectivity index (χ1n) is 6.64. The van der Waals surface area contributed by atoms with E-state index in [4.69, 9.17) is 0 Å². The number of halogens is 1. The Balaban J connectivity index is 1.96. The lowest BCUT2D eigenvalue weighted by molar-refractivity contribution is 0.472. The molecule has 4 nitrogen and oxygen atoms in total. The summed E-state index contributed by atoms with van der Waals surface area (Å²) in [4.78, 5) is 8.51. The number of pyridine rings is 1. The van der Waals surface area contributed by atoms with E-state index in [9.17, 15) is 10.4 Å². The van der Waals surface area contributed by atoms with E-state index < -0.39 is 0 Å². The normalized spacial score (nSPS) is 11.2. The largest absolute Gasteiger partial charge is 0.507 e. The van der Waals surface area contributed by atoms with Crippen molar-refractivity contribution in [3.05, 3.63) is 63.1 Å². The van der Waals surface area contributed by atoms with Gasteiger partial charge >= 0.3 is 0 Å². The maximum absolute atomic E-state index is 9.53. The molecule has 3 aromatic rings. The molecule has 0 fully saturated rings. The molecule has 0 aliphatic heterocycles. The fraction of sp³-hybridized carbons (Fsp3) is 0. The van der Waals surface area contributed by atoms with Crippen molar-refractivity contribution in [1.29, 1.82) is 5.26 Å². The molecule has 0 aliphatic rings. The van der Waals surface area contributed by atoms with Gasteiger partial charge in [-0.25, -0.2) is 4.98 Å². The smallest absolute Gasteiger partial charge is 0.134 e. The Bertz CT molecular complexity index is 913. The Morgan fingerprint density at radius 2 is 2.04 bits per heavy atom. The zero-order valence-electron chi connectivity index (χ0n) is 11.8. The van der Waals surface area contributed by atoms with Gasteiger partial charge in [-0.15, -0.1) is 11.3 Å². The minimum Gasteiger partial charge on any atom is -0.507 e. The van der Waals surface area contributed by atoms with E-state index in [0.717, 1.165) is 16.8 Å². The van der Waals surface area contributed by atoms with Crippen LogP contribution in [0.4, 0.5) is 0 Å². The summed E-state index contributed by atoms with van der Waals surface area (Å²) in [6, 6.07) is 11.0. The lowest BCUT2D eigenvalue weighted by atomic mass is 10.1.